The molecule has 0 bridgehead atoms. The Kier molecular flexibility index (Phi) is 13.9. The minimum atomic E-state index is -2.40. The van der Waals surface area contributed by atoms with Crippen LogP contribution < -0.4 is 31.9 Å². The van der Waals surface area contributed by atoms with Crippen LogP contribution in [0.4, 0.5) is 0 Å². The van der Waals surface area contributed by atoms with Crippen molar-refractivity contribution in [2.75, 3.05) is 60.0 Å². The lowest BCUT2D eigenvalue weighted by atomic mass is 9.84. The van der Waals surface area contributed by atoms with Crippen LogP contribution in [0.5, 0.6) is 40.2 Å². The molecule has 69 heavy (non-hydrogen) atoms. The second-order valence-corrected chi connectivity index (χ2v) is 17.9. The van der Waals surface area contributed by atoms with Crippen LogP contribution in [-0.2, 0) is 44.3 Å². The lowest BCUT2D eigenvalue weighted by molar-refractivity contribution is -0.0456. The molecule has 0 atom stereocenters. The van der Waals surface area contributed by atoms with E-state index in [1.807, 2.05) is 91.0 Å². The van der Waals surface area contributed by atoms with Crippen LogP contribution in [0.2, 0.25) is 0 Å². The van der Waals surface area contributed by atoms with Gasteiger partial charge in [0.15, 0.2) is 25.2 Å². The Hall–Kier alpha value is -5.87. The molecule has 4 saturated heterocycles. The Morgan fingerprint density at radius 1 is 0.391 bits per heavy atom. The molecule has 6 aromatic rings. The van der Waals surface area contributed by atoms with Crippen LogP contribution >= 0.6 is 17.2 Å². The Morgan fingerprint density at radius 2 is 0.725 bits per heavy atom. The molecular weight excluding hydrogens is 930 g/mol. The van der Waals surface area contributed by atoms with Gasteiger partial charge in [-0.25, -0.2) is 0 Å². The smallest absolute Gasteiger partial charge is 0.497 e. The number of hydrogen-bond donors (Lipinski definition) is 0. The summed E-state index contributed by atoms with van der Waals surface area (Å²) in [6.45, 7) is 3.44. The van der Waals surface area contributed by atoms with Gasteiger partial charge in [-0.2, -0.15) is 0 Å². The molecule has 356 valence electrons. The first-order valence-corrected chi connectivity index (χ1v) is 24.6. The Balaban J connectivity index is 0.955. The number of rotatable bonds is 17. The van der Waals surface area contributed by atoms with Crippen molar-refractivity contribution in [1.29, 1.82) is 0 Å². The molecule has 18 heteroatoms. The van der Waals surface area contributed by atoms with Crippen LogP contribution in [0.1, 0.15) is 74.5 Å². The van der Waals surface area contributed by atoms with E-state index in [0.29, 0.717) is 127 Å². The van der Waals surface area contributed by atoms with E-state index in [1.54, 1.807) is 43.5 Å². The number of para-hydroxylation sites is 4. The summed E-state index contributed by atoms with van der Waals surface area (Å²) in [6, 6.07) is 38.3. The summed E-state index contributed by atoms with van der Waals surface area (Å²) in [4.78, 5) is 15.4. The van der Waals surface area contributed by atoms with E-state index < -0.39 is 42.4 Å². The summed E-state index contributed by atoms with van der Waals surface area (Å²) in [5, 5.41) is 0. The van der Waals surface area contributed by atoms with E-state index in [0.717, 1.165) is 0 Å². The van der Waals surface area contributed by atoms with Gasteiger partial charge in [0.25, 0.3) is 0 Å². The summed E-state index contributed by atoms with van der Waals surface area (Å²) < 4.78 is 93.0. The Bertz CT molecular complexity index is 2640. The summed E-state index contributed by atoms with van der Waals surface area (Å²) in [5.41, 5.74) is 4.49. The van der Waals surface area contributed by atoms with Crippen LogP contribution in [0.15, 0.2) is 127 Å². The van der Waals surface area contributed by atoms with Crippen LogP contribution in [0.25, 0.3) is 0 Å². The van der Waals surface area contributed by atoms with Crippen molar-refractivity contribution in [3.8, 4) is 40.2 Å². The van der Waals surface area contributed by atoms with Gasteiger partial charge >= 0.3 is 17.2 Å². The van der Waals surface area contributed by atoms with E-state index in [4.69, 9.17) is 69.8 Å². The monoisotopic (exact) mass is 976 g/mol. The van der Waals surface area contributed by atoms with Crippen LogP contribution in [-0.4, -0.2) is 65.7 Å². The quantitative estimate of drug-likeness (QED) is 0.0794. The van der Waals surface area contributed by atoms with Crippen molar-refractivity contribution in [3.05, 3.63) is 172 Å². The molecule has 0 N–H and O–H groups in total. The average Bonchev–Trinajstić information content (AvgIpc) is 4.25. The number of methoxy groups -OCH3 is 1. The van der Waals surface area contributed by atoms with Crippen LogP contribution in [0.3, 0.4) is 0 Å². The molecule has 4 aliphatic heterocycles. The summed E-state index contributed by atoms with van der Waals surface area (Å²) in [7, 11) is -3.21. The van der Waals surface area contributed by atoms with Gasteiger partial charge in [0.05, 0.1) is 93.3 Å². The zero-order valence-corrected chi connectivity index (χ0v) is 39.0. The molecule has 11 rings (SSSR count). The van der Waals surface area contributed by atoms with Gasteiger partial charge in [-0.05, 0) is 53.9 Å². The van der Waals surface area contributed by atoms with E-state index in [2.05, 4.69) is 0 Å². The van der Waals surface area contributed by atoms with E-state index in [1.165, 1.54) is 0 Å². The number of carbonyl (C=O) groups excluding carboxylic acids is 1. The molecule has 1 aliphatic carbocycles. The number of ketones is 1. The van der Waals surface area contributed by atoms with Crippen molar-refractivity contribution < 1.29 is 74.6 Å². The zero-order chi connectivity index (χ0) is 46.5. The van der Waals surface area contributed by atoms with Gasteiger partial charge in [0, 0.05) is 6.07 Å². The molecule has 6 aromatic carbocycles. The third-order valence-electron chi connectivity index (χ3n) is 11.6. The Labute approximate surface area is 400 Å². The predicted octanol–water partition coefficient (Wildman–Crippen LogP) is 10.5. The average molecular weight is 977 g/mol. The first-order valence-electron chi connectivity index (χ1n) is 22.4. The van der Waals surface area contributed by atoms with Gasteiger partial charge in [-0.1, -0.05) is 84.9 Å². The van der Waals surface area contributed by atoms with Crippen molar-refractivity contribution in [2.45, 2.75) is 31.6 Å². The maximum Gasteiger partial charge on any atom is 0.530 e. The maximum atomic E-state index is 15.4. The molecular formula is C51H46O16P2. The molecule has 16 nitrogen and oxygen atoms in total. The highest BCUT2D eigenvalue weighted by molar-refractivity contribution is 7.43. The summed E-state index contributed by atoms with van der Waals surface area (Å²) in [6.07, 6.45) is -2.32. The molecule has 4 fully saturated rings. The predicted molar refractivity (Wildman–Crippen MR) is 248 cm³/mol. The molecule has 5 aliphatic rings. The lowest BCUT2D eigenvalue weighted by Crippen LogP contribution is -2.19. The standard InChI is InChI=1S/C51H46O16P2/c1-53-34-30-33-29-32-11-10-20-43(66-68(62-39-16-6-2-12-35(39)48-54-21-22-55-48)63-40-17-7-3-13-36(40)49-56-23-24-57-49)45(32)47(52)46(33)44(31-34)67-69(64-41-18-8-4-14-37(41)50-58-25-26-59-50)65-42-19-9-5-15-38(42)51-60-27-28-61-51/h2-20,30-31,48-51H,21-29H2,1H3. The Morgan fingerprint density at radius 3 is 1.12 bits per heavy atom. The van der Waals surface area contributed by atoms with Gasteiger partial charge in [-0.15, -0.1) is 0 Å². The SMILES string of the molecule is COc1cc2c(c(OP(Oc3ccccc3C3OCCO3)Oc3ccccc3C3OCCO3)c1)C(=O)c1c(cccc1OP(Oc1ccccc1C1OCCO1)Oc1ccccc1C1OCCO1)C2. The molecule has 0 spiro atoms. The molecule has 0 unspecified atom stereocenters. The van der Waals surface area contributed by atoms with E-state index in [-0.39, 0.29) is 22.8 Å². The number of hydrogen-bond acceptors (Lipinski definition) is 16. The summed E-state index contributed by atoms with van der Waals surface area (Å²) in [5.74, 6) is 2.09. The molecule has 0 radical (unpaired) electrons. The second kappa shape index (κ2) is 21.0. The number of carbonyl (C=O) groups is 1. The van der Waals surface area contributed by atoms with E-state index >= 15 is 4.79 Å². The largest absolute Gasteiger partial charge is 0.530 e. The highest BCUT2D eigenvalue weighted by atomic mass is 31.2. The molecule has 0 saturated carbocycles. The highest BCUT2D eigenvalue weighted by Crippen LogP contribution is 2.52. The minimum Gasteiger partial charge on any atom is -0.497 e. The normalized spacial score (nSPS) is 17.6. The first-order chi connectivity index (χ1) is 34.1. The third-order valence-corrected chi connectivity index (χ3v) is 13.6. The van der Waals surface area contributed by atoms with Crippen molar-refractivity contribution in [3.63, 3.8) is 0 Å². The lowest BCUT2D eigenvalue weighted by Gasteiger charge is -2.27. The van der Waals surface area contributed by atoms with Crippen molar-refractivity contribution in [2.24, 2.45) is 0 Å². The number of ether oxygens (including phenoxy) is 9. The summed E-state index contributed by atoms with van der Waals surface area (Å²) >= 11 is 0. The van der Waals surface area contributed by atoms with Gasteiger partial charge in [0.1, 0.15) is 40.2 Å². The van der Waals surface area contributed by atoms with Gasteiger partial charge in [-0.3, -0.25) is 4.79 Å². The van der Waals surface area contributed by atoms with Gasteiger partial charge < -0.3 is 69.8 Å². The fourth-order valence-corrected chi connectivity index (χ4v) is 10.5. The van der Waals surface area contributed by atoms with E-state index in [9.17, 15) is 0 Å². The van der Waals surface area contributed by atoms with Crippen LogP contribution in [0, 0.1) is 0 Å². The van der Waals surface area contributed by atoms with Crippen molar-refractivity contribution in [1.82, 2.24) is 0 Å². The maximum absolute atomic E-state index is 15.4. The highest BCUT2D eigenvalue weighted by Gasteiger charge is 2.37. The minimum absolute atomic E-state index is 0.156. The fraction of sp³-hybridized carbons (Fsp3) is 0.275. The molecule has 0 amide bonds. The zero-order valence-electron chi connectivity index (χ0n) is 37.2. The topological polar surface area (TPSA) is 156 Å². The number of benzene rings is 6. The third kappa shape index (κ3) is 9.97. The number of fused-ring (bicyclic) bond motifs is 2. The molecule has 0 aromatic heterocycles. The fourth-order valence-electron chi connectivity index (χ4n) is 8.40. The first kappa shape index (κ1) is 45.6. The molecule has 4 heterocycles. The second-order valence-electron chi connectivity index (χ2n) is 15.9. The van der Waals surface area contributed by atoms with Gasteiger partial charge in [0.2, 0.25) is 5.78 Å². The van der Waals surface area contributed by atoms with Crippen molar-refractivity contribution >= 4 is 23.0 Å².